The van der Waals surface area contributed by atoms with Gasteiger partial charge in [-0.3, -0.25) is 29.1 Å². The lowest BCUT2D eigenvalue weighted by atomic mass is 10.1. The second-order valence-corrected chi connectivity index (χ2v) is 12.6. The van der Waals surface area contributed by atoms with Crippen LogP contribution in [0.5, 0.6) is 0 Å². The van der Waals surface area contributed by atoms with Gasteiger partial charge < -0.3 is 24.9 Å². The molecule has 2 fully saturated rings. The summed E-state index contributed by atoms with van der Waals surface area (Å²) >= 11 is 0. The Morgan fingerprint density at radius 3 is 1.45 bits per heavy atom. The molecule has 5 heterocycles. The van der Waals surface area contributed by atoms with Crippen LogP contribution >= 0.6 is 0 Å². The van der Waals surface area contributed by atoms with Crippen LogP contribution < -0.4 is 10.6 Å². The van der Waals surface area contributed by atoms with Gasteiger partial charge in [0.2, 0.25) is 35.4 Å². The van der Waals surface area contributed by atoms with Crippen LogP contribution in [0.15, 0.2) is 102 Å². The number of aromatic nitrogens is 4. The van der Waals surface area contributed by atoms with Crippen LogP contribution in [0.1, 0.15) is 36.8 Å². The van der Waals surface area contributed by atoms with E-state index in [1.54, 1.807) is 95.3 Å². The van der Waals surface area contributed by atoms with Gasteiger partial charge in [0.05, 0.1) is 12.8 Å². The summed E-state index contributed by atoms with van der Waals surface area (Å²) in [5, 5.41) is 14.3. The zero-order chi connectivity index (χ0) is 35.2. The predicted octanol–water partition coefficient (Wildman–Crippen LogP) is 4.54. The molecule has 258 valence electrons. The third kappa shape index (κ3) is 7.82. The van der Waals surface area contributed by atoms with Crippen molar-refractivity contribution >= 4 is 35.0 Å². The van der Waals surface area contributed by atoms with Crippen molar-refractivity contribution in [2.24, 2.45) is 0 Å². The molecule has 3 aromatic heterocycles. The van der Waals surface area contributed by atoms with E-state index in [0.29, 0.717) is 60.2 Å². The van der Waals surface area contributed by atoms with Crippen molar-refractivity contribution in [3.63, 3.8) is 0 Å². The van der Waals surface area contributed by atoms with Crippen molar-refractivity contribution in [3.8, 4) is 22.9 Å². The fraction of sp³-hybridized carbons (Fsp3) is 0.263. The summed E-state index contributed by atoms with van der Waals surface area (Å²) in [6.07, 6.45) is 9.80. The van der Waals surface area contributed by atoms with E-state index in [1.165, 1.54) is 0 Å². The molecular formula is C38H36N8O5. The molecule has 13 heteroatoms. The number of pyridine rings is 2. The van der Waals surface area contributed by atoms with E-state index < -0.39 is 12.1 Å². The Morgan fingerprint density at radius 1 is 0.627 bits per heavy atom. The molecule has 2 atom stereocenters. The number of benzene rings is 2. The first kappa shape index (κ1) is 33.3. The number of carbonyl (C=O) groups is 4. The average molecular weight is 685 g/mol. The number of hydrogen-bond acceptors (Lipinski definition) is 9. The molecule has 2 N–H and O–H groups in total. The Bertz CT molecular complexity index is 1860. The summed E-state index contributed by atoms with van der Waals surface area (Å²) in [5.41, 5.74) is 4.15. The highest BCUT2D eigenvalue weighted by Crippen LogP contribution is 2.27. The summed E-state index contributed by atoms with van der Waals surface area (Å²) in [5.74, 6) is -0.0296. The standard InChI is InChI=1S/C38H36N8O5/c47-33(21-25-5-1-17-39-23-25)45-19-3-7-31(45)35(49)41-29-13-9-27(10-14-29)37-43-44-38(51-37)28-11-15-30(16-12-28)42-36(50)32-8-4-20-46(32)34(48)22-26-6-2-18-40-24-26/h1-2,5-6,9-18,23-24,31-32H,3-4,7-8,19-22H2,(H,41,49)(H,42,50)/t31-,32-/m0/s1. The first-order valence-corrected chi connectivity index (χ1v) is 16.9. The van der Waals surface area contributed by atoms with Gasteiger partial charge in [0.15, 0.2) is 0 Å². The molecule has 51 heavy (non-hydrogen) atoms. The molecule has 0 aliphatic carbocycles. The minimum absolute atomic E-state index is 0.0934. The lowest BCUT2D eigenvalue weighted by Crippen LogP contribution is -2.43. The predicted molar refractivity (Wildman–Crippen MR) is 188 cm³/mol. The van der Waals surface area contributed by atoms with Crippen LogP contribution in [0, 0.1) is 0 Å². The fourth-order valence-electron chi connectivity index (χ4n) is 6.53. The van der Waals surface area contributed by atoms with Crippen molar-refractivity contribution in [2.45, 2.75) is 50.6 Å². The summed E-state index contributed by atoms with van der Waals surface area (Å²) in [4.78, 5) is 63.6. The van der Waals surface area contributed by atoms with E-state index in [2.05, 4.69) is 30.8 Å². The molecule has 0 saturated carbocycles. The Kier molecular flexibility index (Phi) is 9.86. The van der Waals surface area contributed by atoms with E-state index in [4.69, 9.17) is 4.42 Å². The average Bonchev–Trinajstić information content (AvgIpc) is 3.95. The number of amides is 4. The van der Waals surface area contributed by atoms with Gasteiger partial charge in [-0.25, -0.2) is 0 Å². The Morgan fingerprint density at radius 2 is 1.06 bits per heavy atom. The van der Waals surface area contributed by atoms with Crippen molar-refractivity contribution < 1.29 is 23.6 Å². The number of likely N-dealkylation sites (tertiary alicyclic amines) is 2. The monoisotopic (exact) mass is 684 g/mol. The Labute approximate surface area is 294 Å². The van der Waals surface area contributed by atoms with Crippen molar-refractivity contribution in [3.05, 3.63) is 109 Å². The molecular weight excluding hydrogens is 648 g/mol. The smallest absolute Gasteiger partial charge is 0.248 e. The summed E-state index contributed by atoms with van der Waals surface area (Å²) in [6, 6.07) is 20.3. The Balaban J connectivity index is 0.927. The van der Waals surface area contributed by atoms with Gasteiger partial charge in [0, 0.05) is 60.4 Å². The van der Waals surface area contributed by atoms with Gasteiger partial charge in [-0.15, -0.1) is 10.2 Å². The molecule has 0 spiro atoms. The number of nitrogens with zero attached hydrogens (tertiary/aromatic N) is 6. The van der Waals surface area contributed by atoms with Crippen LogP contribution in [-0.2, 0) is 32.0 Å². The molecule has 4 amide bonds. The molecule has 2 saturated heterocycles. The Hall–Kier alpha value is -6.24. The van der Waals surface area contributed by atoms with Gasteiger partial charge in [-0.05, 0) is 97.5 Å². The van der Waals surface area contributed by atoms with E-state index in [9.17, 15) is 19.2 Å². The minimum atomic E-state index is -0.531. The highest BCUT2D eigenvalue weighted by molar-refractivity contribution is 5.98. The normalized spacial score (nSPS) is 16.9. The topological polar surface area (TPSA) is 164 Å². The first-order valence-electron chi connectivity index (χ1n) is 16.9. The quantitative estimate of drug-likeness (QED) is 0.215. The zero-order valence-electron chi connectivity index (χ0n) is 27.8. The summed E-state index contributed by atoms with van der Waals surface area (Å²) in [6.45, 7) is 1.09. The largest absolute Gasteiger partial charge is 0.416 e. The molecule has 7 rings (SSSR count). The summed E-state index contributed by atoms with van der Waals surface area (Å²) < 4.78 is 5.94. The fourth-order valence-corrected chi connectivity index (χ4v) is 6.53. The number of hydrogen-bond donors (Lipinski definition) is 2. The van der Waals surface area contributed by atoms with Gasteiger partial charge in [0.25, 0.3) is 0 Å². The van der Waals surface area contributed by atoms with E-state index in [1.807, 2.05) is 12.1 Å². The maximum atomic E-state index is 13.2. The third-order valence-electron chi connectivity index (χ3n) is 9.13. The SMILES string of the molecule is O=C(Nc1ccc(-c2nnc(-c3ccc(NC(=O)[C@@H]4CCCN4C(=O)Cc4cccnc4)cc3)o2)cc1)[C@@H]1CCCN1C(=O)Cc1cccnc1. The maximum Gasteiger partial charge on any atom is 0.248 e. The van der Waals surface area contributed by atoms with Crippen LogP contribution in [0.25, 0.3) is 22.9 Å². The number of rotatable bonds is 10. The van der Waals surface area contributed by atoms with Crippen molar-refractivity contribution in [1.29, 1.82) is 0 Å². The number of nitrogens with one attached hydrogen (secondary N) is 2. The molecule has 0 unspecified atom stereocenters. The molecule has 2 aliphatic rings. The van der Waals surface area contributed by atoms with Gasteiger partial charge >= 0.3 is 0 Å². The maximum absolute atomic E-state index is 13.2. The lowest BCUT2D eigenvalue weighted by molar-refractivity contribution is -0.136. The minimum Gasteiger partial charge on any atom is -0.416 e. The van der Waals surface area contributed by atoms with Crippen LogP contribution in [-0.4, -0.2) is 78.8 Å². The first-order chi connectivity index (χ1) is 24.9. The molecule has 2 aliphatic heterocycles. The zero-order valence-corrected chi connectivity index (χ0v) is 27.8. The van der Waals surface area contributed by atoms with Crippen LogP contribution in [0.3, 0.4) is 0 Å². The van der Waals surface area contributed by atoms with E-state index in [0.717, 1.165) is 24.0 Å². The third-order valence-corrected chi connectivity index (χ3v) is 9.13. The molecule has 0 bridgehead atoms. The second kappa shape index (κ2) is 15.1. The van der Waals surface area contributed by atoms with Crippen molar-refractivity contribution in [2.75, 3.05) is 23.7 Å². The highest BCUT2D eigenvalue weighted by atomic mass is 16.4. The molecule has 0 radical (unpaired) electrons. The van der Waals surface area contributed by atoms with Crippen LogP contribution in [0.2, 0.25) is 0 Å². The summed E-state index contributed by atoms with van der Waals surface area (Å²) in [7, 11) is 0. The molecule has 2 aromatic carbocycles. The highest BCUT2D eigenvalue weighted by Gasteiger charge is 2.35. The van der Waals surface area contributed by atoms with Gasteiger partial charge in [-0.1, -0.05) is 12.1 Å². The second-order valence-electron chi connectivity index (χ2n) is 12.6. The van der Waals surface area contributed by atoms with Crippen LogP contribution in [0.4, 0.5) is 11.4 Å². The molecule has 13 nitrogen and oxygen atoms in total. The molecule has 5 aromatic rings. The van der Waals surface area contributed by atoms with Gasteiger partial charge in [-0.2, -0.15) is 0 Å². The number of anilines is 2. The van der Waals surface area contributed by atoms with Gasteiger partial charge in [0.1, 0.15) is 12.1 Å². The van der Waals surface area contributed by atoms with E-state index in [-0.39, 0.29) is 36.5 Å². The van der Waals surface area contributed by atoms with E-state index >= 15 is 0 Å². The van der Waals surface area contributed by atoms with Crippen molar-refractivity contribution in [1.82, 2.24) is 30.0 Å². The number of carbonyl (C=O) groups excluding carboxylic acids is 4. The lowest BCUT2D eigenvalue weighted by Gasteiger charge is -2.24.